The molecule has 1 aromatic rings. The highest BCUT2D eigenvalue weighted by Crippen LogP contribution is 2.09. The van der Waals surface area contributed by atoms with E-state index in [4.69, 9.17) is 5.73 Å². The third kappa shape index (κ3) is 1.68. The quantitative estimate of drug-likeness (QED) is 0.697. The van der Waals surface area contributed by atoms with E-state index in [-0.39, 0.29) is 12.4 Å². The number of primary amides is 1. The van der Waals surface area contributed by atoms with Gasteiger partial charge in [0.2, 0.25) is 0 Å². The SMILES string of the molecule is Cc1ncsc1C(N)=O.Cl. The lowest BCUT2D eigenvalue weighted by atomic mass is 10.4. The molecule has 0 aliphatic rings. The Kier molecular flexibility index (Phi) is 3.32. The molecular weight excluding hydrogens is 172 g/mol. The van der Waals surface area contributed by atoms with E-state index >= 15 is 0 Å². The van der Waals surface area contributed by atoms with Crippen molar-refractivity contribution in [2.24, 2.45) is 5.73 Å². The largest absolute Gasteiger partial charge is 0.365 e. The molecule has 0 aliphatic heterocycles. The molecule has 10 heavy (non-hydrogen) atoms. The van der Waals surface area contributed by atoms with E-state index in [1.807, 2.05) is 0 Å². The van der Waals surface area contributed by atoms with Crippen molar-refractivity contribution in [3.8, 4) is 0 Å². The van der Waals surface area contributed by atoms with Gasteiger partial charge in [0, 0.05) is 0 Å². The Morgan fingerprint density at radius 2 is 2.40 bits per heavy atom. The predicted molar refractivity (Wildman–Crippen MR) is 42.6 cm³/mol. The molecule has 0 unspecified atom stereocenters. The van der Waals surface area contributed by atoms with Gasteiger partial charge in [-0.05, 0) is 6.92 Å². The summed E-state index contributed by atoms with van der Waals surface area (Å²) in [5.41, 5.74) is 7.31. The molecule has 5 heteroatoms. The van der Waals surface area contributed by atoms with Gasteiger partial charge in [0.25, 0.3) is 5.91 Å². The average Bonchev–Trinajstić information content (AvgIpc) is 2.13. The Balaban J connectivity index is 0.000000810. The van der Waals surface area contributed by atoms with Crippen LogP contribution in [-0.2, 0) is 0 Å². The minimum absolute atomic E-state index is 0. The molecule has 0 radical (unpaired) electrons. The van der Waals surface area contributed by atoms with Crippen LogP contribution in [0.1, 0.15) is 15.4 Å². The van der Waals surface area contributed by atoms with Crippen molar-refractivity contribution in [3.05, 3.63) is 16.1 Å². The minimum Gasteiger partial charge on any atom is -0.365 e. The second-order valence-electron chi connectivity index (χ2n) is 1.63. The van der Waals surface area contributed by atoms with E-state index in [1.165, 1.54) is 11.3 Å². The fourth-order valence-corrected chi connectivity index (χ4v) is 1.19. The molecule has 1 amide bonds. The van der Waals surface area contributed by atoms with Crippen LogP contribution in [0.25, 0.3) is 0 Å². The van der Waals surface area contributed by atoms with Crippen LogP contribution in [-0.4, -0.2) is 10.9 Å². The highest BCUT2D eigenvalue weighted by Gasteiger charge is 2.05. The Bertz CT molecular complexity index is 235. The van der Waals surface area contributed by atoms with Gasteiger partial charge in [0.05, 0.1) is 11.2 Å². The van der Waals surface area contributed by atoms with Crippen LogP contribution in [0.5, 0.6) is 0 Å². The number of hydrogen-bond donors (Lipinski definition) is 1. The fourth-order valence-electron chi connectivity index (χ4n) is 0.538. The lowest BCUT2D eigenvalue weighted by Gasteiger charge is -1.85. The zero-order valence-electron chi connectivity index (χ0n) is 5.33. The van der Waals surface area contributed by atoms with Gasteiger partial charge in [-0.2, -0.15) is 0 Å². The zero-order valence-corrected chi connectivity index (χ0v) is 6.96. The van der Waals surface area contributed by atoms with Gasteiger partial charge in [-0.1, -0.05) is 0 Å². The van der Waals surface area contributed by atoms with Gasteiger partial charge in [-0.25, -0.2) is 4.98 Å². The number of aromatic nitrogens is 1. The summed E-state index contributed by atoms with van der Waals surface area (Å²) in [6.07, 6.45) is 0. The van der Waals surface area contributed by atoms with E-state index in [0.717, 1.165) is 0 Å². The molecule has 0 saturated heterocycles. The molecule has 0 bridgehead atoms. The van der Waals surface area contributed by atoms with Crippen LogP contribution in [0.15, 0.2) is 5.51 Å². The maximum atomic E-state index is 10.5. The second-order valence-corrected chi connectivity index (χ2v) is 2.49. The van der Waals surface area contributed by atoms with Crippen LogP contribution < -0.4 is 5.73 Å². The molecule has 0 saturated carbocycles. The monoisotopic (exact) mass is 178 g/mol. The van der Waals surface area contributed by atoms with Crippen LogP contribution in [0.4, 0.5) is 0 Å². The summed E-state index contributed by atoms with van der Waals surface area (Å²) in [5, 5.41) is 0. The summed E-state index contributed by atoms with van der Waals surface area (Å²) in [4.78, 5) is 14.9. The first-order valence-corrected chi connectivity index (χ1v) is 3.29. The fraction of sp³-hybridized carbons (Fsp3) is 0.200. The molecule has 1 rings (SSSR count). The van der Waals surface area contributed by atoms with E-state index in [0.29, 0.717) is 10.6 Å². The van der Waals surface area contributed by atoms with E-state index < -0.39 is 5.91 Å². The van der Waals surface area contributed by atoms with Gasteiger partial charge in [0.15, 0.2) is 0 Å². The molecule has 0 aromatic carbocycles. The summed E-state index contributed by atoms with van der Waals surface area (Å²) in [5.74, 6) is -0.394. The Hall–Kier alpha value is -0.610. The van der Waals surface area contributed by atoms with Crippen molar-refractivity contribution in [1.82, 2.24) is 4.98 Å². The lowest BCUT2D eigenvalue weighted by Crippen LogP contribution is -2.09. The summed E-state index contributed by atoms with van der Waals surface area (Å²) < 4.78 is 0. The molecule has 1 heterocycles. The maximum absolute atomic E-state index is 10.5. The molecule has 0 fully saturated rings. The lowest BCUT2D eigenvalue weighted by molar-refractivity contribution is 0.100. The molecule has 3 nitrogen and oxygen atoms in total. The molecule has 56 valence electrons. The van der Waals surface area contributed by atoms with Crippen molar-refractivity contribution >= 4 is 29.7 Å². The zero-order chi connectivity index (χ0) is 6.85. The molecular formula is C5H7ClN2OS. The molecule has 0 atom stereocenters. The second kappa shape index (κ2) is 3.53. The van der Waals surface area contributed by atoms with Gasteiger partial charge in [0.1, 0.15) is 4.88 Å². The first-order valence-electron chi connectivity index (χ1n) is 2.41. The summed E-state index contributed by atoms with van der Waals surface area (Å²) in [6, 6.07) is 0. The van der Waals surface area contributed by atoms with Crippen molar-refractivity contribution < 1.29 is 4.79 Å². The van der Waals surface area contributed by atoms with E-state index in [1.54, 1.807) is 12.4 Å². The smallest absolute Gasteiger partial charge is 0.260 e. The number of carbonyl (C=O) groups is 1. The number of amides is 1. The number of halogens is 1. The van der Waals surface area contributed by atoms with Crippen LogP contribution in [0.2, 0.25) is 0 Å². The number of hydrogen-bond acceptors (Lipinski definition) is 3. The highest BCUT2D eigenvalue weighted by atomic mass is 35.5. The third-order valence-corrected chi connectivity index (χ3v) is 1.91. The minimum atomic E-state index is -0.394. The molecule has 2 N–H and O–H groups in total. The normalized spacial score (nSPS) is 8.50. The molecule has 1 aromatic heterocycles. The van der Waals surface area contributed by atoms with Gasteiger partial charge >= 0.3 is 0 Å². The van der Waals surface area contributed by atoms with Gasteiger partial charge < -0.3 is 5.73 Å². The number of nitrogens with two attached hydrogens (primary N) is 1. The average molecular weight is 179 g/mol. The third-order valence-electron chi connectivity index (χ3n) is 0.969. The number of carbonyl (C=O) groups excluding carboxylic acids is 1. The summed E-state index contributed by atoms with van der Waals surface area (Å²) in [6.45, 7) is 1.76. The summed E-state index contributed by atoms with van der Waals surface area (Å²) >= 11 is 1.27. The molecule has 0 spiro atoms. The Morgan fingerprint density at radius 3 is 2.60 bits per heavy atom. The van der Waals surface area contributed by atoms with Crippen LogP contribution >= 0.6 is 23.7 Å². The van der Waals surface area contributed by atoms with E-state index in [9.17, 15) is 4.79 Å². The number of nitrogens with zero attached hydrogens (tertiary/aromatic N) is 1. The first kappa shape index (κ1) is 9.39. The van der Waals surface area contributed by atoms with Crippen molar-refractivity contribution in [3.63, 3.8) is 0 Å². The van der Waals surface area contributed by atoms with Crippen LogP contribution in [0, 0.1) is 6.92 Å². The standard InChI is InChI=1S/C5H6N2OS.ClH/c1-3-4(5(6)8)9-2-7-3;/h2H,1H3,(H2,6,8);1H. The Morgan fingerprint density at radius 1 is 1.80 bits per heavy atom. The van der Waals surface area contributed by atoms with Crippen molar-refractivity contribution in [1.29, 1.82) is 0 Å². The number of rotatable bonds is 1. The first-order chi connectivity index (χ1) is 4.22. The van der Waals surface area contributed by atoms with Gasteiger partial charge in [-0.3, -0.25) is 4.79 Å². The summed E-state index contributed by atoms with van der Waals surface area (Å²) in [7, 11) is 0. The highest BCUT2D eigenvalue weighted by molar-refractivity contribution is 7.11. The number of aryl methyl sites for hydroxylation is 1. The Labute approximate surface area is 68.7 Å². The van der Waals surface area contributed by atoms with Gasteiger partial charge in [-0.15, -0.1) is 23.7 Å². The van der Waals surface area contributed by atoms with Crippen molar-refractivity contribution in [2.75, 3.05) is 0 Å². The topological polar surface area (TPSA) is 56.0 Å². The predicted octanol–water partition coefficient (Wildman–Crippen LogP) is 0.972. The van der Waals surface area contributed by atoms with Crippen molar-refractivity contribution in [2.45, 2.75) is 6.92 Å². The maximum Gasteiger partial charge on any atom is 0.260 e. The van der Waals surface area contributed by atoms with E-state index in [2.05, 4.69) is 4.98 Å². The molecule has 0 aliphatic carbocycles. The van der Waals surface area contributed by atoms with Crippen LogP contribution in [0.3, 0.4) is 0 Å². The number of thiazole rings is 1.